The summed E-state index contributed by atoms with van der Waals surface area (Å²) < 4.78 is 1.56. The third-order valence-electron chi connectivity index (χ3n) is 3.58. The van der Waals surface area contributed by atoms with Gasteiger partial charge in [-0.1, -0.05) is 0 Å². The summed E-state index contributed by atoms with van der Waals surface area (Å²) in [5.41, 5.74) is 5.46. The molecule has 1 aliphatic rings. The maximum absolute atomic E-state index is 11.7. The van der Waals surface area contributed by atoms with Gasteiger partial charge in [-0.05, 0) is 12.5 Å². The number of hydrogen-bond donors (Lipinski definition) is 5. The van der Waals surface area contributed by atoms with E-state index in [0.717, 1.165) is 0 Å². The van der Waals surface area contributed by atoms with Crippen LogP contribution in [0.5, 0.6) is 0 Å². The van der Waals surface area contributed by atoms with Crippen molar-refractivity contribution < 1.29 is 15.3 Å². The number of aliphatic hydroxyl groups is 3. The van der Waals surface area contributed by atoms with Gasteiger partial charge in [0.2, 0.25) is 5.95 Å². The smallest absolute Gasteiger partial charge is 0.261 e. The topological polar surface area (TPSA) is 137 Å². The normalized spacial score (nSPS) is 31.1. The molecule has 0 aromatic carbocycles. The maximum atomic E-state index is 11.7. The maximum Gasteiger partial charge on any atom is 0.261 e. The van der Waals surface area contributed by atoms with Gasteiger partial charge >= 0.3 is 0 Å². The molecule has 0 radical (unpaired) electrons. The van der Waals surface area contributed by atoms with E-state index in [1.165, 1.54) is 0 Å². The van der Waals surface area contributed by atoms with Crippen molar-refractivity contribution in [3.8, 4) is 0 Å². The number of nitrogen functional groups attached to an aromatic ring is 1. The second-order valence-electron chi connectivity index (χ2n) is 4.76. The minimum Gasteiger partial charge on any atom is -0.390 e. The zero-order chi connectivity index (χ0) is 13.7. The molecule has 4 atom stereocenters. The zero-order valence-corrected chi connectivity index (χ0v) is 9.89. The molecule has 0 saturated heterocycles. The lowest BCUT2D eigenvalue weighted by Gasteiger charge is -2.18. The number of rotatable bonds is 1. The molecule has 2 aromatic heterocycles. The number of H-pyrrole nitrogens is 1. The van der Waals surface area contributed by atoms with Crippen LogP contribution < -0.4 is 11.3 Å². The van der Waals surface area contributed by atoms with E-state index in [-0.39, 0.29) is 17.9 Å². The summed E-state index contributed by atoms with van der Waals surface area (Å²) in [5.74, 6) is -0.0222. The molecule has 1 aliphatic carbocycles. The zero-order valence-electron chi connectivity index (χ0n) is 9.89. The van der Waals surface area contributed by atoms with Crippen molar-refractivity contribution in [1.29, 1.82) is 0 Å². The largest absolute Gasteiger partial charge is 0.390 e. The first kappa shape index (κ1) is 12.2. The van der Waals surface area contributed by atoms with Crippen LogP contribution in [0.2, 0.25) is 0 Å². The van der Waals surface area contributed by atoms with Crippen molar-refractivity contribution >= 4 is 17.0 Å². The van der Waals surface area contributed by atoms with Crippen LogP contribution in [0.4, 0.5) is 5.95 Å². The lowest BCUT2D eigenvalue weighted by Crippen LogP contribution is -2.31. The Balaban J connectivity index is 2.14. The van der Waals surface area contributed by atoms with Crippen LogP contribution in [0.25, 0.3) is 11.0 Å². The second-order valence-corrected chi connectivity index (χ2v) is 4.76. The van der Waals surface area contributed by atoms with Gasteiger partial charge in [0, 0.05) is 6.20 Å². The van der Waals surface area contributed by atoms with E-state index in [9.17, 15) is 20.1 Å². The standard InChI is InChI=1S/C11H14N4O4/c12-11-13-9-4(10(19)14-11)1-2-15(9)5-3-6(16)8(18)7(5)17/h1-2,5-8,16-18H,3H2,(H3,12,13,14,19)/t5-,6+,7+,8-/m1/s1. The van der Waals surface area contributed by atoms with Crippen molar-refractivity contribution in [1.82, 2.24) is 14.5 Å². The highest BCUT2D eigenvalue weighted by Gasteiger charge is 2.42. The van der Waals surface area contributed by atoms with Crippen molar-refractivity contribution in [2.75, 3.05) is 5.73 Å². The molecule has 8 heteroatoms. The van der Waals surface area contributed by atoms with E-state index >= 15 is 0 Å². The Labute approximate surface area is 107 Å². The molecule has 0 spiro atoms. The summed E-state index contributed by atoms with van der Waals surface area (Å²) in [7, 11) is 0. The number of fused-ring (bicyclic) bond motifs is 1. The van der Waals surface area contributed by atoms with Crippen LogP contribution in [0.15, 0.2) is 17.1 Å². The van der Waals surface area contributed by atoms with Crippen LogP contribution in [-0.2, 0) is 0 Å². The van der Waals surface area contributed by atoms with Gasteiger partial charge in [-0.2, -0.15) is 4.98 Å². The van der Waals surface area contributed by atoms with Gasteiger partial charge in [0.25, 0.3) is 5.56 Å². The quantitative estimate of drug-likeness (QED) is 0.418. The number of aromatic nitrogens is 3. The Kier molecular flexibility index (Phi) is 2.59. The highest BCUT2D eigenvalue weighted by Crippen LogP contribution is 2.32. The monoisotopic (exact) mass is 266 g/mol. The number of anilines is 1. The summed E-state index contributed by atoms with van der Waals surface area (Å²) in [4.78, 5) is 18.1. The molecule has 0 aliphatic heterocycles. The molecule has 0 unspecified atom stereocenters. The molecule has 6 N–H and O–H groups in total. The van der Waals surface area contributed by atoms with Gasteiger partial charge in [-0.15, -0.1) is 0 Å². The lowest BCUT2D eigenvalue weighted by molar-refractivity contribution is -0.0244. The molecule has 2 heterocycles. The predicted octanol–water partition coefficient (Wildman–Crippen LogP) is -1.67. The summed E-state index contributed by atoms with van der Waals surface area (Å²) in [5, 5.41) is 29.4. The molecule has 8 nitrogen and oxygen atoms in total. The molecule has 1 saturated carbocycles. The summed E-state index contributed by atoms with van der Waals surface area (Å²) >= 11 is 0. The van der Waals surface area contributed by atoms with E-state index in [1.54, 1.807) is 16.8 Å². The van der Waals surface area contributed by atoms with E-state index < -0.39 is 24.4 Å². The Hall–Kier alpha value is -1.90. The van der Waals surface area contributed by atoms with Crippen LogP contribution in [0.3, 0.4) is 0 Å². The van der Waals surface area contributed by atoms with Crippen molar-refractivity contribution in [3.05, 3.63) is 22.6 Å². The molecular formula is C11H14N4O4. The summed E-state index contributed by atoms with van der Waals surface area (Å²) in [6.45, 7) is 0. The van der Waals surface area contributed by atoms with Gasteiger partial charge in [0.05, 0.1) is 17.5 Å². The van der Waals surface area contributed by atoms with Crippen LogP contribution in [0.1, 0.15) is 12.5 Å². The van der Waals surface area contributed by atoms with Crippen molar-refractivity contribution in [2.45, 2.75) is 30.8 Å². The van der Waals surface area contributed by atoms with E-state index in [1.807, 2.05) is 0 Å². The van der Waals surface area contributed by atoms with Crippen molar-refractivity contribution in [2.24, 2.45) is 0 Å². The fourth-order valence-electron chi connectivity index (χ4n) is 2.59. The Morgan fingerprint density at radius 1 is 1.37 bits per heavy atom. The highest BCUT2D eigenvalue weighted by molar-refractivity contribution is 5.76. The van der Waals surface area contributed by atoms with Gasteiger partial charge in [-0.25, -0.2) is 0 Å². The van der Waals surface area contributed by atoms with Gasteiger partial charge < -0.3 is 25.6 Å². The third kappa shape index (κ3) is 1.72. The first-order valence-corrected chi connectivity index (χ1v) is 5.89. The number of aromatic amines is 1. The third-order valence-corrected chi connectivity index (χ3v) is 3.58. The van der Waals surface area contributed by atoms with Crippen LogP contribution in [-0.4, -0.2) is 48.2 Å². The van der Waals surface area contributed by atoms with E-state index in [4.69, 9.17) is 5.73 Å². The van der Waals surface area contributed by atoms with Crippen LogP contribution in [0, 0.1) is 0 Å². The molecule has 102 valence electrons. The molecule has 0 bridgehead atoms. The SMILES string of the molecule is Nc1nc2c(ccn2[C@@H]2C[C@H](O)[C@@H](O)[C@H]2O)c(=O)[nH]1. The molecule has 1 fully saturated rings. The number of nitrogens with one attached hydrogen (secondary N) is 1. The number of hydrogen-bond acceptors (Lipinski definition) is 6. The highest BCUT2D eigenvalue weighted by atomic mass is 16.4. The average Bonchev–Trinajstić information content (AvgIpc) is 2.86. The van der Waals surface area contributed by atoms with E-state index in [0.29, 0.717) is 11.0 Å². The minimum atomic E-state index is -1.21. The van der Waals surface area contributed by atoms with Gasteiger partial charge in [0.15, 0.2) is 0 Å². The molecule has 3 rings (SSSR count). The van der Waals surface area contributed by atoms with Crippen molar-refractivity contribution in [3.63, 3.8) is 0 Å². The van der Waals surface area contributed by atoms with Gasteiger partial charge in [-0.3, -0.25) is 9.78 Å². The summed E-state index contributed by atoms with van der Waals surface area (Å²) in [6.07, 6.45) is -1.56. The Morgan fingerprint density at radius 2 is 2.11 bits per heavy atom. The molecule has 19 heavy (non-hydrogen) atoms. The molecular weight excluding hydrogens is 252 g/mol. The first-order valence-electron chi connectivity index (χ1n) is 5.89. The second kappa shape index (κ2) is 4.05. The number of nitrogens with zero attached hydrogens (tertiary/aromatic N) is 2. The van der Waals surface area contributed by atoms with Gasteiger partial charge in [0.1, 0.15) is 17.9 Å². The van der Waals surface area contributed by atoms with Crippen LogP contribution >= 0.6 is 0 Å². The fraction of sp³-hybridized carbons (Fsp3) is 0.455. The predicted molar refractivity (Wildman–Crippen MR) is 66.4 cm³/mol. The lowest BCUT2D eigenvalue weighted by atomic mass is 10.2. The number of aliphatic hydroxyl groups excluding tert-OH is 3. The Bertz CT molecular complexity index is 679. The molecule has 0 amide bonds. The van der Waals surface area contributed by atoms with E-state index in [2.05, 4.69) is 9.97 Å². The Morgan fingerprint density at radius 3 is 2.74 bits per heavy atom. The summed E-state index contributed by atoms with van der Waals surface area (Å²) in [6, 6.07) is 1.01. The average molecular weight is 266 g/mol. The fourth-order valence-corrected chi connectivity index (χ4v) is 2.59. The minimum absolute atomic E-state index is 0.0222. The molecule has 2 aromatic rings. The first-order chi connectivity index (χ1) is 8.99. The number of nitrogens with two attached hydrogens (primary N) is 1.